The summed E-state index contributed by atoms with van der Waals surface area (Å²) in [5, 5.41) is 2.54. The number of aryl methyl sites for hydroxylation is 2. The summed E-state index contributed by atoms with van der Waals surface area (Å²) >= 11 is 0. The molecule has 4 heteroatoms. The Kier molecular flexibility index (Phi) is 10.5. The van der Waals surface area contributed by atoms with Gasteiger partial charge in [-0.15, -0.1) is 0 Å². The van der Waals surface area contributed by atoms with E-state index in [1.165, 1.54) is 130 Å². The fraction of sp³-hybridized carbons (Fsp3) is 0.206. The molecule has 13 rings (SSSR count). The largest absolute Gasteiger partial charge is 0.376 e. The zero-order valence-corrected chi connectivity index (χ0v) is 42.6. The van der Waals surface area contributed by atoms with Gasteiger partial charge in [-0.1, -0.05) is 180 Å². The van der Waals surface area contributed by atoms with Crippen molar-refractivity contribution in [2.24, 2.45) is 0 Å². The topological polar surface area (TPSA) is 11.4 Å². The zero-order valence-electron chi connectivity index (χ0n) is 42.6. The lowest BCUT2D eigenvalue weighted by Gasteiger charge is -2.46. The maximum absolute atomic E-state index is 2.71. The molecule has 3 aliphatic rings. The molecule has 0 unspecified atom stereocenters. The van der Waals surface area contributed by atoms with E-state index in [1.54, 1.807) is 0 Å². The fourth-order valence-corrected chi connectivity index (χ4v) is 12.8. The van der Waals surface area contributed by atoms with Crippen molar-refractivity contribution in [1.82, 2.24) is 4.57 Å². The average Bonchev–Trinajstić information content (AvgIpc) is 3.78. The summed E-state index contributed by atoms with van der Waals surface area (Å²) in [7, 11) is 0. The van der Waals surface area contributed by atoms with Gasteiger partial charge in [-0.3, -0.25) is 0 Å². The van der Waals surface area contributed by atoms with Gasteiger partial charge in [-0.2, -0.15) is 0 Å². The van der Waals surface area contributed by atoms with Crippen LogP contribution in [0.3, 0.4) is 0 Å². The van der Waals surface area contributed by atoms with E-state index in [0.717, 1.165) is 30.6 Å². The van der Waals surface area contributed by atoms with Gasteiger partial charge in [0.1, 0.15) is 0 Å². The van der Waals surface area contributed by atoms with Gasteiger partial charge in [0.15, 0.2) is 0 Å². The van der Waals surface area contributed by atoms with Crippen molar-refractivity contribution in [3.63, 3.8) is 0 Å². The van der Waals surface area contributed by atoms with Gasteiger partial charge in [0.25, 0.3) is 0 Å². The van der Waals surface area contributed by atoms with Crippen molar-refractivity contribution in [2.45, 2.75) is 90.9 Å². The van der Waals surface area contributed by atoms with Gasteiger partial charge in [0.2, 0.25) is 0 Å². The second kappa shape index (κ2) is 17.1. The fourth-order valence-electron chi connectivity index (χ4n) is 12.8. The van der Waals surface area contributed by atoms with Crippen LogP contribution in [0.5, 0.6) is 0 Å². The summed E-state index contributed by atoms with van der Waals surface area (Å²) < 4.78 is 2.69. The molecule has 3 heterocycles. The molecule has 0 atom stereocenters. The Labute approximate surface area is 426 Å². The van der Waals surface area contributed by atoms with Crippen LogP contribution in [0.1, 0.15) is 89.0 Å². The Morgan fingerprint density at radius 1 is 0.542 bits per heavy atom. The Morgan fingerprint density at radius 2 is 1.15 bits per heavy atom. The maximum atomic E-state index is 2.71. The van der Waals surface area contributed by atoms with Crippen LogP contribution in [-0.4, -0.2) is 11.4 Å². The number of nitrogens with zero attached hydrogens (tertiary/aromatic N) is 3. The standard InChI is InChI=1S/C68H62BN3/c1-7-8-11-20-46-33-36-61-55(39-46)56-42-63(70(52-27-18-25-49(40-52)47-21-12-9-13-22-47)53-28-19-26-50(41-53)48-23-14-10-15-24-48)64-54-29-16-17-30-60(54)71-62-44-58-57(67(3,4)37-38-68(58,5)6)43-59(62)69(65(56)66(64)71)72(61)51-34-31-45(2)32-35-51/h9-10,12-19,21-36,39-44H,7-8,11,20,37-38H2,1-6H3. The Bertz CT molecular complexity index is 3650. The highest BCUT2D eigenvalue weighted by Crippen LogP contribution is 2.53. The zero-order chi connectivity index (χ0) is 48.9. The van der Waals surface area contributed by atoms with Crippen LogP contribution in [-0.2, 0) is 17.3 Å². The predicted octanol–water partition coefficient (Wildman–Crippen LogP) is 17.2. The molecular formula is C68H62BN3. The van der Waals surface area contributed by atoms with Crippen LogP contribution in [0.15, 0.2) is 194 Å². The van der Waals surface area contributed by atoms with Crippen LogP contribution >= 0.6 is 0 Å². The first kappa shape index (κ1) is 44.4. The van der Waals surface area contributed by atoms with Gasteiger partial charge in [0.05, 0.1) is 16.7 Å². The molecule has 352 valence electrons. The summed E-state index contributed by atoms with van der Waals surface area (Å²) in [4.78, 5) is 5.29. The van der Waals surface area contributed by atoms with Gasteiger partial charge in [-0.05, 0) is 166 Å². The summed E-state index contributed by atoms with van der Waals surface area (Å²) in [5.74, 6) is 0. The van der Waals surface area contributed by atoms with E-state index in [9.17, 15) is 0 Å². The maximum Gasteiger partial charge on any atom is 0.333 e. The molecule has 3 nitrogen and oxygen atoms in total. The molecular weight excluding hydrogens is 870 g/mol. The minimum absolute atomic E-state index is 0.0313. The third-order valence-corrected chi connectivity index (χ3v) is 16.7. The van der Waals surface area contributed by atoms with Crippen LogP contribution in [0.2, 0.25) is 0 Å². The number of anilines is 5. The summed E-state index contributed by atoms with van der Waals surface area (Å²) in [6, 6.07) is 74.0. The molecule has 1 aromatic heterocycles. The van der Waals surface area contributed by atoms with E-state index in [2.05, 4.69) is 250 Å². The lowest BCUT2D eigenvalue weighted by Crippen LogP contribution is -2.61. The molecule has 2 aliphatic heterocycles. The minimum Gasteiger partial charge on any atom is -0.376 e. The quantitative estimate of drug-likeness (QED) is 0.1000. The van der Waals surface area contributed by atoms with Crippen LogP contribution in [0, 0.1) is 6.92 Å². The number of para-hydroxylation sites is 1. The summed E-state index contributed by atoms with van der Waals surface area (Å²) in [6.45, 7) is 14.3. The number of rotatable bonds is 10. The van der Waals surface area contributed by atoms with Gasteiger partial charge < -0.3 is 14.3 Å². The van der Waals surface area contributed by atoms with Crippen molar-refractivity contribution in [1.29, 1.82) is 0 Å². The minimum atomic E-state index is -0.0769. The normalized spacial score (nSPS) is 14.8. The number of hydrogen-bond acceptors (Lipinski definition) is 2. The second-order valence-corrected chi connectivity index (χ2v) is 22.2. The van der Waals surface area contributed by atoms with Crippen molar-refractivity contribution in [2.75, 3.05) is 9.71 Å². The molecule has 0 bridgehead atoms. The molecule has 0 N–H and O–H groups in total. The first-order valence-electron chi connectivity index (χ1n) is 26.5. The Morgan fingerprint density at radius 3 is 1.81 bits per heavy atom. The molecule has 0 spiro atoms. The summed E-state index contributed by atoms with van der Waals surface area (Å²) in [6.07, 6.45) is 6.99. The molecule has 9 aromatic carbocycles. The molecule has 0 amide bonds. The van der Waals surface area contributed by atoms with Crippen LogP contribution in [0.25, 0.3) is 60.9 Å². The molecule has 10 aromatic rings. The Balaban J connectivity index is 1.19. The first-order valence-corrected chi connectivity index (χ1v) is 26.5. The van der Waals surface area contributed by atoms with Gasteiger partial charge in [0, 0.05) is 44.8 Å². The molecule has 0 radical (unpaired) electrons. The van der Waals surface area contributed by atoms with E-state index in [1.807, 2.05) is 0 Å². The first-order chi connectivity index (χ1) is 35.1. The molecule has 0 saturated heterocycles. The van der Waals surface area contributed by atoms with Crippen LogP contribution in [0.4, 0.5) is 28.4 Å². The molecule has 72 heavy (non-hydrogen) atoms. The van der Waals surface area contributed by atoms with E-state index < -0.39 is 0 Å². The average molecular weight is 932 g/mol. The summed E-state index contributed by atoms with van der Waals surface area (Å²) in [5.41, 5.74) is 25.6. The van der Waals surface area contributed by atoms with Crippen molar-refractivity contribution < 1.29 is 0 Å². The highest BCUT2D eigenvalue weighted by molar-refractivity contribution is 6.93. The van der Waals surface area contributed by atoms with Crippen LogP contribution < -0.4 is 20.6 Å². The number of benzene rings is 9. The number of fused-ring (bicyclic) bond motifs is 9. The number of unbranched alkanes of at least 4 members (excludes halogenated alkanes) is 2. The van der Waals surface area contributed by atoms with Crippen molar-refractivity contribution >= 4 is 68.0 Å². The predicted molar refractivity (Wildman–Crippen MR) is 309 cm³/mol. The highest BCUT2D eigenvalue weighted by atomic mass is 15.2. The number of aromatic nitrogens is 1. The third-order valence-electron chi connectivity index (χ3n) is 16.7. The van der Waals surface area contributed by atoms with E-state index in [-0.39, 0.29) is 17.7 Å². The third kappa shape index (κ3) is 7.08. The molecule has 0 saturated carbocycles. The molecule has 1 aliphatic carbocycles. The van der Waals surface area contributed by atoms with Crippen molar-refractivity contribution in [3.05, 3.63) is 216 Å². The van der Waals surface area contributed by atoms with Crippen molar-refractivity contribution in [3.8, 4) is 39.1 Å². The van der Waals surface area contributed by atoms with Gasteiger partial charge >= 0.3 is 6.85 Å². The van der Waals surface area contributed by atoms with Gasteiger partial charge in [-0.25, -0.2) is 0 Å². The van der Waals surface area contributed by atoms with E-state index >= 15 is 0 Å². The monoisotopic (exact) mass is 932 g/mol. The van der Waals surface area contributed by atoms with E-state index in [0.29, 0.717) is 0 Å². The Hall–Kier alpha value is -7.56. The smallest absolute Gasteiger partial charge is 0.333 e. The number of hydrogen-bond donors (Lipinski definition) is 0. The molecule has 0 fully saturated rings. The highest BCUT2D eigenvalue weighted by Gasteiger charge is 2.47. The second-order valence-electron chi connectivity index (χ2n) is 22.2. The lowest BCUT2D eigenvalue weighted by atomic mass is 9.43. The SMILES string of the molecule is CCCCCc1ccc2c(c1)-c1cc(N(c3cccc(-c4ccccc4)c3)c3cccc(-c4ccccc4)c3)c3c4ccccc4n4c3c1B(c1cc3c(cc1-4)C(C)(C)CCC3(C)C)N2c1ccc(C)cc1. The lowest BCUT2D eigenvalue weighted by molar-refractivity contribution is 0.332. The van der Waals surface area contributed by atoms with E-state index in [4.69, 9.17) is 0 Å².